The van der Waals surface area contributed by atoms with Gasteiger partial charge in [-0.2, -0.15) is 4.98 Å². The molecular formula is C19H15N3O6. The molecule has 28 heavy (non-hydrogen) atoms. The number of fused-ring (bicyclic) bond motifs is 1. The zero-order chi connectivity index (χ0) is 19.5. The van der Waals surface area contributed by atoms with Crippen molar-refractivity contribution in [3.05, 3.63) is 53.9 Å². The van der Waals surface area contributed by atoms with E-state index in [0.717, 1.165) is 0 Å². The largest absolute Gasteiger partial charge is 0.454 e. The second kappa shape index (κ2) is 7.39. The number of rotatable bonds is 5. The zero-order valence-corrected chi connectivity index (χ0v) is 14.8. The molecule has 4 rings (SSSR count). The van der Waals surface area contributed by atoms with Gasteiger partial charge in [0.1, 0.15) is 0 Å². The lowest BCUT2D eigenvalue weighted by atomic mass is 10.2. The molecule has 0 bridgehead atoms. The van der Waals surface area contributed by atoms with Crippen molar-refractivity contribution in [2.75, 3.05) is 12.1 Å². The summed E-state index contributed by atoms with van der Waals surface area (Å²) in [5.74, 6) is 0.954. The van der Waals surface area contributed by atoms with Crippen LogP contribution < -0.4 is 14.8 Å². The number of anilines is 1. The van der Waals surface area contributed by atoms with Gasteiger partial charge in [-0.15, -0.1) is 0 Å². The fourth-order valence-corrected chi connectivity index (χ4v) is 2.60. The number of nitrogens with one attached hydrogen (secondary N) is 1. The summed E-state index contributed by atoms with van der Waals surface area (Å²) >= 11 is 0. The maximum absolute atomic E-state index is 12.2. The van der Waals surface area contributed by atoms with Gasteiger partial charge in [0, 0.05) is 18.2 Å². The third kappa shape index (κ3) is 3.78. The number of nitrogens with zero attached hydrogens (tertiary/aromatic N) is 2. The molecule has 0 atom stereocenters. The van der Waals surface area contributed by atoms with Crippen molar-refractivity contribution in [3.8, 4) is 22.9 Å². The van der Waals surface area contributed by atoms with E-state index in [0.29, 0.717) is 34.1 Å². The monoisotopic (exact) mass is 381 g/mol. The predicted octanol–water partition coefficient (Wildman–Crippen LogP) is 2.78. The first-order chi connectivity index (χ1) is 13.6. The first-order valence-corrected chi connectivity index (χ1v) is 8.36. The second-order valence-corrected chi connectivity index (χ2v) is 5.92. The van der Waals surface area contributed by atoms with Crippen LogP contribution in [0.3, 0.4) is 0 Å². The van der Waals surface area contributed by atoms with E-state index < -0.39 is 5.97 Å². The van der Waals surface area contributed by atoms with Crippen molar-refractivity contribution >= 4 is 17.6 Å². The van der Waals surface area contributed by atoms with E-state index in [1.54, 1.807) is 36.4 Å². The van der Waals surface area contributed by atoms with Gasteiger partial charge in [-0.1, -0.05) is 11.2 Å². The number of benzene rings is 2. The number of esters is 1. The number of amides is 1. The quantitative estimate of drug-likeness (QED) is 0.671. The summed E-state index contributed by atoms with van der Waals surface area (Å²) in [7, 11) is 0. The highest BCUT2D eigenvalue weighted by atomic mass is 16.7. The Morgan fingerprint density at radius 2 is 2.00 bits per heavy atom. The highest BCUT2D eigenvalue weighted by Crippen LogP contribution is 2.35. The van der Waals surface area contributed by atoms with Gasteiger partial charge in [-0.05, 0) is 36.4 Å². The number of hydrogen-bond donors (Lipinski definition) is 1. The van der Waals surface area contributed by atoms with Crippen LogP contribution in [0.25, 0.3) is 11.4 Å². The van der Waals surface area contributed by atoms with E-state index in [2.05, 4.69) is 15.5 Å². The van der Waals surface area contributed by atoms with Gasteiger partial charge in [0.05, 0.1) is 5.56 Å². The van der Waals surface area contributed by atoms with Crippen LogP contribution in [0.15, 0.2) is 47.0 Å². The predicted molar refractivity (Wildman–Crippen MR) is 95.7 cm³/mol. The van der Waals surface area contributed by atoms with Gasteiger partial charge >= 0.3 is 5.97 Å². The molecule has 3 aromatic rings. The molecule has 0 radical (unpaired) electrons. The Morgan fingerprint density at radius 1 is 1.14 bits per heavy atom. The van der Waals surface area contributed by atoms with E-state index in [9.17, 15) is 9.59 Å². The molecule has 142 valence electrons. The minimum Gasteiger partial charge on any atom is -0.454 e. The van der Waals surface area contributed by atoms with Crippen LogP contribution in [0, 0.1) is 0 Å². The van der Waals surface area contributed by atoms with Gasteiger partial charge in [-0.25, -0.2) is 4.79 Å². The molecule has 0 aliphatic carbocycles. The third-order valence-electron chi connectivity index (χ3n) is 3.84. The van der Waals surface area contributed by atoms with Crippen molar-refractivity contribution in [2.24, 2.45) is 0 Å². The normalized spacial score (nSPS) is 11.9. The van der Waals surface area contributed by atoms with Gasteiger partial charge in [0.2, 0.25) is 18.5 Å². The standard InChI is InChI=1S/C19H15N3O6/c1-11(23)20-14-4-2-3-13(7-14)19(24)25-9-17-21-18(22-28-17)12-5-6-15-16(8-12)27-10-26-15/h2-8H,9-10H2,1H3,(H,20,23). The Morgan fingerprint density at radius 3 is 2.86 bits per heavy atom. The lowest BCUT2D eigenvalue weighted by Gasteiger charge is -2.05. The smallest absolute Gasteiger partial charge is 0.338 e. The molecule has 1 N–H and O–H groups in total. The summed E-state index contributed by atoms with van der Waals surface area (Å²) in [5, 5.41) is 6.49. The maximum atomic E-state index is 12.2. The van der Waals surface area contributed by atoms with E-state index in [4.69, 9.17) is 18.7 Å². The molecule has 9 heteroatoms. The molecule has 0 unspecified atom stereocenters. The van der Waals surface area contributed by atoms with Crippen molar-refractivity contribution in [2.45, 2.75) is 13.5 Å². The van der Waals surface area contributed by atoms with Crippen LogP contribution in [-0.2, 0) is 16.1 Å². The topological polar surface area (TPSA) is 113 Å². The fourth-order valence-electron chi connectivity index (χ4n) is 2.60. The average molecular weight is 381 g/mol. The summed E-state index contributed by atoms with van der Waals surface area (Å²) in [5.41, 5.74) is 1.49. The van der Waals surface area contributed by atoms with Gasteiger partial charge < -0.3 is 24.1 Å². The summed E-state index contributed by atoms with van der Waals surface area (Å²) in [4.78, 5) is 27.5. The van der Waals surface area contributed by atoms with Crippen LogP contribution in [0.5, 0.6) is 11.5 Å². The van der Waals surface area contributed by atoms with Crippen molar-refractivity contribution in [1.82, 2.24) is 10.1 Å². The Labute approximate surface area is 159 Å². The molecule has 0 saturated carbocycles. The zero-order valence-electron chi connectivity index (χ0n) is 14.8. The molecule has 1 aliphatic rings. The average Bonchev–Trinajstić information content (AvgIpc) is 3.34. The van der Waals surface area contributed by atoms with Crippen molar-refractivity contribution in [3.63, 3.8) is 0 Å². The molecule has 2 aromatic carbocycles. The number of hydrogen-bond acceptors (Lipinski definition) is 8. The van der Waals surface area contributed by atoms with Crippen LogP contribution in [0.2, 0.25) is 0 Å². The lowest BCUT2D eigenvalue weighted by Crippen LogP contribution is -2.09. The van der Waals surface area contributed by atoms with Crippen molar-refractivity contribution < 1.29 is 28.3 Å². The molecule has 2 heterocycles. The fraction of sp³-hybridized carbons (Fsp3) is 0.158. The van der Waals surface area contributed by atoms with Crippen LogP contribution in [0.4, 0.5) is 5.69 Å². The number of carbonyl (C=O) groups is 2. The van der Waals surface area contributed by atoms with Crippen LogP contribution >= 0.6 is 0 Å². The number of ether oxygens (including phenoxy) is 3. The third-order valence-corrected chi connectivity index (χ3v) is 3.84. The summed E-state index contributed by atoms with van der Waals surface area (Å²) in [6.07, 6.45) is 0. The Hall–Kier alpha value is -3.88. The summed E-state index contributed by atoms with van der Waals surface area (Å²) in [6, 6.07) is 11.7. The lowest BCUT2D eigenvalue weighted by molar-refractivity contribution is -0.114. The Kier molecular flexibility index (Phi) is 4.63. The van der Waals surface area contributed by atoms with Gasteiger partial charge in [0.25, 0.3) is 5.89 Å². The highest BCUT2D eigenvalue weighted by molar-refractivity contribution is 5.93. The summed E-state index contributed by atoms with van der Waals surface area (Å²) in [6.45, 7) is 1.38. The molecule has 1 aromatic heterocycles. The van der Waals surface area contributed by atoms with E-state index in [-0.39, 0.29) is 25.2 Å². The molecule has 0 saturated heterocycles. The maximum Gasteiger partial charge on any atom is 0.338 e. The Bertz CT molecular complexity index is 1050. The highest BCUT2D eigenvalue weighted by Gasteiger charge is 2.17. The SMILES string of the molecule is CC(=O)Nc1cccc(C(=O)OCc2nc(-c3ccc4c(c3)OCO4)no2)c1. The first-order valence-electron chi connectivity index (χ1n) is 8.36. The van der Waals surface area contributed by atoms with E-state index >= 15 is 0 Å². The van der Waals surface area contributed by atoms with Crippen molar-refractivity contribution in [1.29, 1.82) is 0 Å². The Balaban J connectivity index is 1.41. The van der Waals surface area contributed by atoms with Gasteiger partial charge in [-0.3, -0.25) is 4.79 Å². The first kappa shape index (κ1) is 17.5. The molecular weight excluding hydrogens is 366 g/mol. The molecule has 9 nitrogen and oxygen atoms in total. The number of carbonyl (C=O) groups excluding carboxylic acids is 2. The molecule has 0 spiro atoms. The van der Waals surface area contributed by atoms with E-state index in [1.807, 2.05) is 0 Å². The molecule has 1 aliphatic heterocycles. The van der Waals surface area contributed by atoms with Crippen LogP contribution in [-0.4, -0.2) is 28.8 Å². The molecule has 1 amide bonds. The second-order valence-electron chi connectivity index (χ2n) is 5.92. The number of aromatic nitrogens is 2. The van der Waals surface area contributed by atoms with Crippen LogP contribution in [0.1, 0.15) is 23.2 Å². The van der Waals surface area contributed by atoms with E-state index in [1.165, 1.54) is 13.0 Å². The summed E-state index contributed by atoms with van der Waals surface area (Å²) < 4.78 is 20.9. The minimum absolute atomic E-state index is 0.152. The van der Waals surface area contributed by atoms with Gasteiger partial charge in [0.15, 0.2) is 18.1 Å². The molecule has 0 fully saturated rings. The minimum atomic E-state index is -0.574.